The molecule has 0 aliphatic carbocycles. The van der Waals surface area contributed by atoms with Gasteiger partial charge in [-0.1, -0.05) is 113 Å². The molecule has 0 saturated carbocycles. The van der Waals surface area contributed by atoms with Crippen LogP contribution >= 0.6 is 15.9 Å². The van der Waals surface area contributed by atoms with Gasteiger partial charge in [0.25, 0.3) is 0 Å². The predicted octanol–water partition coefficient (Wildman–Crippen LogP) is 5.16. The van der Waals surface area contributed by atoms with Crippen molar-refractivity contribution in [2.75, 3.05) is 6.61 Å². The second-order valence-electron chi connectivity index (χ2n) is 6.09. The largest absolute Gasteiger partial charge is 0.394 e. The van der Waals surface area contributed by atoms with Crippen molar-refractivity contribution in [2.24, 2.45) is 0 Å². The summed E-state index contributed by atoms with van der Waals surface area (Å²) in [6, 6.07) is 30.5. The quantitative estimate of drug-likeness (QED) is 0.566. The standard InChI is InChI=1S/C23H22BrNO/c24-22(18-10-4-1-5-11-18)16-21(17-26)25-23(19-12-6-2-7-13-19)20-14-8-3-9-15-20/h1-16,21,23,25-26H,17H2/b22-16+. The van der Waals surface area contributed by atoms with Gasteiger partial charge < -0.3 is 5.11 Å². The highest BCUT2D eigenvalue weighted by Crippen LogP contribution is 2.25. The van der Waals surface area contributed by atoms with Gasteiger partial charge in [-0.2, -0.15) is 0 Å². The summed E-state index contributed by atoms with van der Waals surface area (Å²) < 4.78 is 0.963. The van der Waals surface area contributed by atoms with Crippen molar-refractivity contribution in [3.05, 3.63) is 114 Å². The molecular formula is C23H22BrNO. The molecule has 0 spiro atoms. The Morgan fingerprint density at radius 3 is 1.73 bits per heavy atom. The predicted molar refractivity (Wildman–Crippen MR) is 112 cm³/mol. The van der Waals surface area contributed by atoms with Gasteiger partial charge in [0.1, 0.15) is 0 Å². The molecule has 0 fully saturated rings. The zero-order valence-electron chi connectivity index (χ0n) is 14.4. The zero-order chi connectivity index (χ0) is 18.2. The third kappa shape index (κ3) is 4.92. The Kier molecular flexibility index (Phi) is 6.78. The Morgan fingerprint density at radius 2 is 1.27 bits per heavy atom. The van der Waals surface area contributed by atoms with Crippen LogP contribution in [0, 0.1) is 0 Å². The van der Waals surface area contributed by atoms with E-state index in [0.29, 0.717) is 0 Å². The summed E-state index contributed by atoms with van der Waals surface area (Å²) in [4.78, 5) is 0. The van der Waals surface area contributed by atoms with Gasteiger partial charge in [-0.3, -0.25) is 5.32 Å². The smallest absolute Gasteiger partial charge is 0.0621 e. The molecule has 1 unspecified atom stereocenters. The molecule has 0 aliphatic rings. The Morgan fingerprint density at radius 1 is 0.808 bits per heavy atom. The van der Waals surface area contributed by atoms with Crippen molar-refractivity contribution in [1.29, 1.82) is 0 Å². The molecule has 3 heteroatoms. The number of rotatable bonds is 7. The number of halogens is 1. The van der Waals surface area contributed by atoms with E-state index in [0.717, 1.165) is 10.0 Å². The van der Waals surface area contributed by atoms with Crippen molar-refractivity contribution in [1.82, 2.24) is 5.32 Å². The highest BCUT2D eigenvalue weighted by Gasteiger charge is 2.17. The molecule has 132 valence electrons. The molecule has 0 saturated heterocycles. The van der Waals surface area contributed by atoms with Crippen LogP contribution in [0.4, 0.5) is 0 Å². The molecule has 0 aromatic heterocycles. The van der Waals surface area contributed by atoms with Gasteiger partial charge in [-0.15, -0.1) is 0 Å². The van der Waals surface area contributed by atoms with E-state index in [1.54, 1.807) is 0 Å². The minimum Gasteiger partial charge on any atom is -0.394 e. The molecule has 2 nitrogen and oxygen atoms in total. The number of hydrogen-bond donors (Lipinski definition) is 2. The van der Waals surface area contributed by atoms with Crippen LogP contribution in [0.15, 0.2) is 97.1 Å². The lowest BCUT2D eigenvalue weighted by Crippen LogP contribution is -2.35. The molecule has 0 bridgehead atoms. The average molecular weight is 408 g/mol. The second kappa shape index (κ2) is 9.48. The van der Waals surface area contributed by atoms with Crippen LogP contribution in [0.2, 0.25) is 0 Å². The maximum Gasteiger partial charge on any atom is 0.0621 e. The molecular weight excluding hydrogens is 386 g/mol. The molecule has 2 N–H and O–H groups in total. The first kappa shape index (κ1) is 18.6. The number of aliphatic hydroxyl groups excluding tert-OH is 1. The first-order valence-corrected chi connectivity index (χ1v) is 9.47. The zero-order valence-corrected chi connectivity index (χ0v) is 16.0. The van der Waals surface area contributed by atoms with Gasteiger partial charge in [0.05, 0.1) is 18.7 Å². The van der Waals surface area contributed by atoms with E-state index in [1.807, 2.05) is 72.8 Å². The molecule has 3 rings (SSSR count). The first-order valence-electron chi connectivity index (χ1n) is 8.67. The van der Waals surface area contributed by atoms with E-state index < -0.39 is 0 Å². The van der Waals surface area contributed by atoms with Crippen LogP contribution in [-0.4, -0.2) is 17.8 Å². The Labute approximate surface area is 163 Å². The summed E-state index contributed by atoms with van der Waals surface area (Å²) in [7, 11) is 0. The summed E-state index contributed by atoms with van der Waals surface area (Å²) in [5, 5.41) is 13.5. The van der Waals surface area contributed by atoms with Crippen molar-refractivity contribution < 1.29 is 5.11 Å². The second-order valence-corrected chi connectivity index (χ2v) is 6.95. The number of nitrogens with one attached hydrogen (secondary N) is 1. The molecule has 0 heterocycles. The highest BCUT2D eigenvalue weighted by atomic mass is 79.9. The van der Waals surface area contributed by atoms with Gasteiger partial charge in [-0.25, -0.2) is 0 Å². The van der Waals surface area contributed by atoms with Crippen molar-refractivity contribution in [2.45, 2.75) is 12.1 Å². The van der Waals surface area contributed by atoms with Crippen LogP contribution in [0.1, 0.15) is 22.7 Å². The molecule has 3 aromatic carbocycles. The van der Waals surface area contributed by atoms with Gasteiger partial charge in [0.15, 0.2) is 0 Å². The Balaban J connectivity index is 1.87. The van der Waals surface area contributed by atoms with Gasteiger partial charge >= 0.3 is 0 Å². The van der Waals surface area contributed by atoms with E-state index in [-0.39, 0.29) is 18.7 Å². The van der Waals surface area contributed by atoms with E-state index in [9.17, 15) is 5.11 Å². The maximum atomic E-state index is 9.94. The molecule has 1 atom stereocenters. The SMILES string of the molecule is OCC(/C=C(/Br)c1ccccc1)NC(c1ccccc1)c1ccccc1. The minimum atomic E-state index is -0.185. The normalized spacial score (nSPS) is 13.0. The van der Waals surface area contributed by atoms with Crippen LogP contribution < -0.4 is 5.32 Å². The lowest BCUT2D eigenvalue weighted by atomic mass is 9.97. The van der Waals surface area contributed by atoms with E-state index in [2.05, 4.69) is 45.5 Å². The summed E-state index contributed by atoms with van der Waals surface area (Å²) in [5.41, 5.74) is 3.42. The van der Waals surface area contributed by atoms with Crippen LogP contribution in [-0.2, 0) is 0 Å². The number of benzene rings is 3. The monoisotopic (exact) mass is 407 g/mol. The lowest BCUT2D eigenvalue weighted by Gasteiger charge is -2.24. The maximum absolute atomic E-state index is 9.94. The summed E-state index contributed by atoms with van der Waals surface area (Å²) in [6.45, 7) is 0.0120. The van der Waals surface area contributed by atoms with Crippen molar-refractivity contribution in [3.8, 4) is 0 Å². The summed E-state index contributed by atoms with van der Waals surface area (Å²) in [5.74, 6) is 0. The average Bonchev–Trinajstić information content (AvgIpc) is 2.73. The van der Waals surface area contributed by atoms with E-state index in [1.165, 1.54) is 11.1 Å². The van der Waals surface area contributed by atoms with Crippen LogP contribution in [0.25, 0.3) is 4.48 Å². The van der Waals surface area contributed by atoms with Gasteiger partial charge in [0, 0.05) is 4.48 Å². The minimum absolute atomic E-state index is 0.00173. The number of aliphatic hydroxyl groups is 1. The highest BCUT2D eigenvalue weighted by molar-refractivity contribution is 9.15. The molecule has 0 radical (unpaired) electrons. The first-order chi connectivity index (χ1) is 12.8. The molecule has 26 heavy (non-hydrogen) atoms. The third-order valence-electron chi connectivity index (χ3n) is 4.24. The van der Waals surface area contributed by atoms with E-state index in [4.69, 9.17) is 0 Å². The Hall–Kier alpha value is -2.20. The van der Waals surface area contributed by atoms with Gasteiger partial charge in [-0.05, 0) is 16.7 Å². The summed E-state index contributed by atoms with van der Waals surface area (Å²) >= 11 is 3.64. The fourth-order valence-electron chi connectivity index (χ4n) is 2.91. The third-order valence-corrected chi connectivity index (χ3v) is 4.96. The fourth-order valence-corrected chi connectivity index (χ4v) is 3.50. The van der Waals surface area contributed by atoms with Crippen LogP contribution in [0.5, 0.6) is 0 Å². The topological polar surface area (TPSA) is 32.3 Å². The van der Waals surface area contributed by atoms with Gasteiger partial charge in [0.2, 0.25) is 0 Å². The molecule has 0 aliphatic heterocycles. The molecule has 0 amide bonds. The van der Waals surface area contributed by atoms with E-state index >= 15 is 0 Å². The van der Waals surface area contributed by atoms with Crippen molar-refractivity contribution >= 4 is 20.4 Å². The summed E-state index contributed by atoms with van der Waals surface area (Å²) in [6.07, 6.45) is 2.02. The van der Waals surface area contributed by atoms with Crippen molar-refractivity contribution in [3.63, 3.8) is 0 Å². The Bertz CT molecular complexity index is 779. The lowest BCUT2D eigenvalue weighted by molar-refractivity contribution is 0.259. The molecule has 3 aromatic rings. The fraction of sp³-hybridized carbons (Fsp3) is 0.130. The van der Waals surface area contributed by atoms with Crippen LogP contribution in [0.3, 0.4) is 0 Å². The number of hydrogen-bond acceptors (Lipinski definition) is 2.